The second kappa shape index (κ2) is 5.63. The Morgan fingerprint density at radius 1 is 1.61 bits per heavy atom. The van der Waals surface area contributed by atoms with Gasteiger partial charge in [0.05, 0.1) is 11.1 Å². The maximum atomic E-state index is 11.7. The van der Waals surface area contributed by atoms with Gasteiger partial charge in [0.1, 0.15) is 5.69 Å². The van der Waals surface area contributed by atoms with Crippen LogP contribution in [0, 0.1) is 10.1 Å². The third-order valence-corrected chi connectivity index (χ3v) is 3.06. The average Bonchev–Trinajstić information content (AvgIpc) is 2.99. The Balaban J connectivity index is 1.77. The number of carbonyl (C=O) groups is 1. The minimum absolute atomic E-state index is 0.0994. The van der Waals surface area contributed by atoms with Gasteiger partial charge in [0.15, 0.2) is 0 Å². The minimum Gasteiger partial charge on any atom is -0.351 e. The molecule has 1 amide bonds. The average molecular weight is 252 g/mol. The molecule has 2 rings (SSSR count). The van der Waals surface area contributed by atoms with Crippen molar-refractivity contribution in [3.63, 3.8) is 0 Å². The summed E-state index contributed by atoms with van der Waals surface area (Å²) >= 11 is 0. The van der Waals surface area contributed by atoms with Crippen molar-refractivity contribution in [1.29, 1.82) is 0 Å². The highest BCUT2D eigenvalue weighted by Crippen LogP contribution is 2.12. The van der Waals surface area contributed by atoms with E-state index in [-0.39, 0.29) is 17.3 Å². The molecule has 18 heavy (non-hydrogen) atoms. The van der Waals surface area contributed by atoms with Crippen LogP contribution < -0.4 is 10.6 Å². The summed E-state index contributed by atoms with van der Waals surface area (Å²) in [6, 6.07) is 1.71. The molecular weight excluding hydrogens is 236 g/mol. The van der Waals surface area contributed by atoms with Gasteiger partial charge in [-0.3, -0.25) is 14.9 Å². The van der Waals surface area contributed by atoms with Crippen LogP contribution in [0.3, 0.4) is 0 Å². The molecule has 0 unspecified atom stereocenters. The molecule has 1 aromatic heterocycles. The molecule has 0 spiro atoms. The summed E-state index contributed by atoms with van der Waals surface area (Å²) in [6.07, 6.45) is 4.42. The van der Waals surface area contributed by atoms with Crippen LogP contribution in [-0.4, -0.2) is 34.9 Å². The number of nitrogens with zero attached hydrogens (tertiary/aromatic N) is 1. The Labute approximate surface area is 104 Å². The maximum Gasteiger partial charge on any atom is 0.287 e. The molecule has 98 valence electrons. The van der Waals surface area contributed by atoms with Crippen LogP contribution in [0.4, 0.5) is 5.69 Å². The van der Waals surface area contributed by atoms with Crippen molar-refractivity contribution in [2.45, 2.75) is 25.3 Å². The molecule has 1 aliphatic heterocycles. The molecule has 7 heteroatoms. The Bertz CT molecular complexity index is 437. The van der Waals surface area contributed by atoms with Gasteiger partial charge in [0.2, 0.25) is 0 Å². The second-order valence-corrected chi connectivity index (χ2v) is 4.37. The lowest BCUT2D eigenvalue weighted by Gasteiger charge is -2.09. The topological polar surface area (TPSA) is 100 Å². The van der Waals surface area contributed by atoms with E-state index < -0.39 is 4.92 Å². The third kappa shape index (κ3) is 3.07. The van der Waals surface area contributed by atoms with Gasteiger partial charge in [0.25, 0.3) is 11.6 Å². The van der Waals surface area contributed by atoms with Crippen molar-refractivity contribution in [3.8, 4) is 0 Å². The zero-order valence-electron chi connectivity index (χ0n) is 9.94. The first-order chi connectivity index (χ1) is 8.66. The zero-order valence-corrected chi connectivity index (χ0v) is 9.94. The summed E-state index contributed by atoms with van der Waals surface area (Å²) in [5.41, 5.74) is 0.124. The quantitative estimate of drug-likeness (QED) is 0.533. The summed E-state index contributed by atoms with van der Waals surface area (Å²) in [5, 5.41) is 16.6. The number of aromatic amines is 1. The lowest BCUT2D eigenvalue weighted by atomic mass is 10.1. The van der Waals surface area contributed by atoms with Crippen molar-refractivity contribution in [2.24, 2.45) is 0 Å². The molecule has 1 aromatic rings. The van der Waals surface area contributed by atoms with Crippen molar-refractivity contribution >= 4 is 11.6 Å². The highest BCUT2D eigenvalue weighted by Gasteiger charge is 2.16. The monoisotopic (exact) mass is 252 g/mol. The van der Waals surface area contributed by atoms with Crippen LogP contribution in [0.2, 0.25) is 0 Å². The molecule has 0 saturated carbocycles. The van der Waals surface area contributed by atoms with Gasteiger partial charge in [-0.1, -0.05) is 0 Å². The van der Waals surface area contributed by atoms with E-state index in [1.807, 2.05) is 0 Å². The molecule has 0 aromatic carbocycles. The summed E-state index contributed by atoms with van der Waals surface area (Å²) in [4.78, 5) is 24.2. The highest BCUT2D eigenvalue weighted by molar-refractivity contribution is 5.93. The molecule has 1 atom stereocenters. The molecule has 0 bridgehead atoms. The number of nitro groups is 1. The van der Waals surface area contributed by atoms with Gasteiger partial charge in [-0.25, -0.2) is 0 Å². The fourth-order valence-electron chi connectivity index (χ4n) is 2.08. The predicted octanol–water partition coefficient (Wildman–Crippen LogP) is 0.795. The Morgan fingerprint density at radius 3 is 3.06 bits per heavy atom. The number of hydrogen-bond donors (Lipinski definition) is 3. The number of H-pyrrole nitrogens is 1. The van der Waals surface area contributed by atoms with Gasteiger partial charge in [-0.05, 0) is 25.8 Å². The van der Waals surface area contributed by atoms with Gasteiger partial charge in [-0.2, -0.15) is 0 Å². The van der Waals surface area contributed by atoms with E-state index >= 15 is 0 Å². The molecule has 1 aliphatic rings. The van der Waals surface area contributed by atoms with Crippen molar-refractivity contribution in [3.05, 3.63) is 28.1 Å². The lowest BCUT2D eigenvalue weighted by Crippen LogP contribution is -2.30. The minimum atomic E-state index is -0.532. The normalized spacial score (nSPS) is 18.8. The van der Waals surface area contributed by atoms with E-state index in [2.05, 4.69) is 15.6 Å². The first-order valence-corrected chi connectivity index (χ1v) is 6.01. The molecule has 3 N–H and O–H groups in total. The van der Waals surface area contributed by atoms with Crippen LogP contribution in [0.25, 0.3) is 0 Å². The van der Waals surface area contributed by atoms with Crippen molar-refractivity contribution in [1.82, 2.24) is 15.6 Å². The van der Waals surface area contributed by atoms with E-state index in [9.17, 15) is 14.9 Å². The standard InChI is InChI=1S/C11H16N4O3/c16-11(10-6-9(7-14-10)15(17)18)13-5-3-8-2-1-4-12-8/h6-8,12,14H,1-5H2,(H,13,16)/t8-/m1/s1. The summed E-state index contributed by atoms with van der Waals surface area (Å²) in [6.45, 7) is 1.62. The predicted molar refractivity (Wildman–Crippen MR) is 65.4 cm³/mol. The number of rotatable bonds is 5. The van der Waals surface area contributed by atoms with Crippen LogP contribution in [0.5, 0.6) is 0 Å². The van der Waals surface area contributed by atoms with Gasteiger partial charge in [-0.15, -0.1) is 0 Å². The number of nitrogens with one attached hydrogen (secondary N) is 3. The van der Waals surface area contributed by atoms with E-state index in [1.54, 1.807) is 0 Å². The fourth-order valence-corrected chi connectivity index (χ4v) is 2.08. The Hall–Kier alpha value is -1.89. The summed E-state index contributed by atoms with van der Waals surface area (Å²) in [5.74, 6) is -0.305. The van der Waals surface area contributed by atoms with Crippen molar-refractivity contribution in [2.75, 3.05) is 13.1 Å². The molecule has 1 fully saturated rings. The van der Waals surface area contributed by atoms with E-state index in [0.29, 0.717) is 12.6 Å². The van der Waals surface area contributed by atoms with Crippen LogP contribution >= 0.6 is 0 Å². The molecule has 7 nitrogen and oxygen atoms in total. The van der Waals surface area contributed by atoms with Gasteiger partial charge >= 0.3 is 0 Å². The Kier molecular flexibility index (Phi) is 3.93. The highest BCUT2D eigenvalue weighted by atomic mass is 16.6. The summed E-state index contributed by atoms with van der Waals surface area (Å²) in [7, 11) is 0. The van der Waals surface area contributed by atoms with Crippen molar-refractivity contribution < 1.29 is 9.72 Å². The first-order valence-electron chi connectivity index (χ1n) is 6.01. The first kappa shape index (κ1) is 12.6. The zero-order chi connectivity index (χ0) is 13.0. The van der Waals surface area contributed by atoms with E-state index in [0.717, 1.165) is 19.4 Å². The summed E-state index contributed by atoms with van der Waals surface area (Å²) < 4.78 is 0. The van der Waals surface area contributed by atoms with Gasteiger partial charge in [0, 0.05) is 18.7 Å². The fraction of sp³-hybridized carbons (Fsp3) is 0.545. The van der Waals surface area contributed by atoms with E-state index in [1.165, 1.54) is 18.7 Å². The van der Waals surface area contributed by atoms with E-state index in [4.69, 9.17) is 0 Å². The number of amides is 1. The molecule has 0 radical (unpaired) electrons. The SMILES string of the molecule is O=C(NCC[C@H]1CCCN1)c1cc([N+](=O)[O-])c[nH]1. The number of carbonyl (C=O) groups excluding carboxylic acids is 1. The lowest BCUT2D eigenvalue weighted by molar-refractivity contribution is -0.384. The van der Waals surface area contributed by atoms with Gasteiger partial charge < -0.3 is 15.6 Å². The smallest absolute Gasteiger partial charge is 0.287 e. The molecule has 2 heterocycles. The number of hydrogen-bond acceptors (Lipinski definition) is 4. The van der Waals surface area contributed by atoms with Crippen LogP contribution in [0.1, 0.15) is 29.8 Å². The van der Waals surface area contributed by atoms with Crippen LogP contribution in [-0.2, 0) is 0 Å². The molecular formula is C11H16N4O3. The Morgan fingerprint density at radius 2 is 2.44 bits per heavy atom. The molecule has 0 aliphatic carbocycles. The largest absolute Gasteiger partial charge is 0.351 e. The van der Waals surface area contributed by atoms with Crippen LogP contribution in [0.15, 0.2) is 12.3 Å². The number of aromatic nitrogens is 1. The third-order valence-electron chi connectivity index (χ3n) is 3.06. The second-order valence-electron chi connectivity index (χ2n) is 4.37. The maximum absolute atomic E-state index is 11.7. The molecule has 1 saturated heterocycles.